The molecule has 0 amide bonds. The van der Waals surface area contributed by atoms with Gasteiger partial charge < -0.3 is 0 Å². The lowest BCUT2D eigenvalue weighted by Crippen LogP contribution is -1.92. The second kappa shape index (κ2) is 11.8. The molecule has 39 heavy (non-hydrogen) atoms. The Morgan fingerprint density at radius 3 is 1.72 bits per heavy atom. The molecule has 5 aromatic carbocycles. The van der Waals surface area contributed by atoms with Crippen molar-refractivity contribution >= 4 is 38.9 Å². The highest BCUT2D eigenvalue weighted by molar-refractivity contribution is 6.21. The molecule has 0 saturated heterocycles. The van der Waals surface area contributed by atoms with Gasteiger partial charge in [0.1, 0.15) is 0 Å². The molecule has 0 aliphatic rings. The van der Waals surface area contributed by atoms with Crippen molar-refractivity contribution in [2.24, 2.45) is 4.99 Å². The van der Waals surface area contributed by atoms with Gasteiger partial charge in [0.15, 0.2) is 0 Å². The van der Waals surface area contributed by atoms with Crippen LogP contribution in [0.5, 0.6) is 0 Å². The molecule has 0 spiro atoms. The molecule has 0 heterocycles. The summed E-state index contributed by atoms with van der Waals surface area (Å²) in [7, 11) is 1.78. The van der Waals surface area contributed by atoms with E-state index in [1.165, 1.54) is 54.9 Å². The smallest absolute Gasteiger partial charge is 0.0277 e. The van der Waals surface area contributed by atoms with Crippen molar-refractivity contribution in [3.05, 3.63) is 146 Å². The summed E-state index contributed by atoms with van der Waals surface area (Å²) in [6.45, 7) is 10.2. The molecule has 0 radical (unpaired) electrons. The monoisotopic (exact) mass is 503 g/mol. The molecule has 5 aromatic rings. The standard InChI is InChI=1S/C38H33N/c1-5-13-27(6-2)29-20-22-30(23-21-29)37-33-16-8-10-18-35(33)38(36-19-11-9-17-34(36)37)32-15-12-14-31(26-32)28(7-3)24-25-39-4/h6-26H,2-3,5H2,1,4H3/b27-13+,28-24+,39-25?. The Balaban J connectivity index is 1.77. The summed E-state index contributed by atoms with van der Waals surface area (Å²) in [4.78, 5) is 4.12. The van der Waals surface area contributed by atoms with E-state index in [-0.39, 0.29) is 0 Å². The van der Waals surface area contributed by atoms with Crippen LogP contribution in [0.3, 0.4) is 0 Å². The number of hydrogen-bond acceptors (Lipinski definition) is 1. The summed E-state index contributed by atoms with van der Waals surface area (Å²) in [5, 5.41) is 4.97. The maximum absolute atomic E-state index is 4.12. The fraction of sp³-hybridized carbons (Fsp3) is 0.0789. The number of fused-ring (bicyclic) bond motifs is 2. The quantitative estimate of drug-likeness (QED) is 0.113. The fourth-order valence-corrected chi connectivity index (χ4v) is 5.41. The number of nitrogens with zero attached hydrogens (tertiary/aromatic N) is 1. The third-order valence-corrected chi connectivity index (χ3v) is 7.19. The van der Waals surface area contributed by atoms with Crippen molar-refractivity contribution in [1.82, 2.24) is 0 Å². The number of benzene rings is 5. The van der Waals surface area contributed by atoms with Gasteiger partial charge in [-0.2, -0.15) is 0 Å². The molecule has 1 nitrogen and oxygen atoms in total. The summed E-state index contributed by atoms with van der Waals surface area (Å²) >= 11 is 0. The molecule has 190 valence electrons. The minimum atomic E-state index is 0.983. The van der Waals surface area contributed by atoms with E-state index in [2.05, 4.69) is 128 Å². The van der Waals surface area contributed by atoms with E-state index in [0.29, 0.717) is 0 Å². The summed E-state index contributed by atoms with van der Waals surface area (Å²) in [6, 6.07) is 35.2. The van der Waals surface area contributed by atoms with E-state index in [1.807, 2.05) is 24.4 Å². The maximum atomic E-state index is 4.12. The van der Waals surface area contributed by atoms with Crippen LogP contribution in [0.15, 0.2) is 140 Å². The van der Waals surface area contributed by atoms with Crippen molar-refractivity contribution in [2.45, 2.75) is 13.3 Å². The van der Waals surface area contributed by atoms with E-state index in [0.717, 1.165) is 17.6 Å². The molecule has 5 rings (SSSR count). The highest BCUT2D eigenvalue weighted by Gasteiger charge is 2.17. The third-order valence-electron chi connectivity index (χ3n) is 7.19. The van der Waals surface area contributed by atoms with Crippen molar-refractivity contribution in [3.8, 4) is 22.3 Å². The lowest BCUT2D eigenvalue weighted by molar-refractivity contribution is 1.23. The molecule has 0 aliphatic carbocycles. The number of aliphatic imine (C=N–C) groups is 1. The zero-order valence-electron chi connectivity index (χ0n) is 22.7. The highest BCUT2D eigenvalue weighted by atomic mass is 14.6. The Morgan fingerprint density at radius 2 is 1.21 bits per heavy atom. The van der Waals surface area contributed by atoms with E-state index >= 15 is 0 Å². The van der Waals surface area contributed by atoms with Gasteiger partial charge >= 0.3 is 0 Å². The molecule has 1 heteroatoms. The second-order valence-corrected chi connectivity index (χ2v) is 9.50. The average molecular weight is 504 g/mol. The van der Waals surface area contributed by atoms with Crippen molar-refractivity contribution in [2.75, 3.05) is 7.05 Å². The van der Waals surface area contributed by atoms with E-state index in [9.17, 15) is 0 Å². The van der Waals surface area contributed by atoms with Crippen LogP contribution in [0.1, 0.15) is 24.5 Å². The van der Waals surface area contributed by atoms with Crippen LogP contribution in [-0.4, -0.2) is 13.3 Å². The molecule has 0 aliphatic heterocycles. The summed E-state index contributed by atoms with van der Waals surface area (Å²) in [5.41, 5.74) is 9.43. The fourth-order valence-electron chi connectivity index (χ4n) is 5.41. The van der Waals surface area contributed by atoms with E-state index in [1.54, 1.807) is 7.05 Å². The minimum absolute atomic E-state index is 0.983. The van der Waals surface area contributed by atoms with Crippen LogP contribution < -0.4 is 0 Å². The first-order chi connectivity index (χ1) is 19.2. The van der Waals surface area contributed by atoms with E-state index in [4.69, 9.17) is 0 Å². The molecular formula is C38H33N. The molecule has 0 fully saturated rings. The van der Waals surface area contributed by atoms with Gasteiger partial charge in [-0.3, -0.25) is 4.99 Å². The predicted molar refractivity (Wildman–Crippen MR) is 173 cm³/mol. The molecule has 0 N–H and O–H groups in total. The first-order valence-electron chi connectivity index (χ1n) is 13.4. The molecule has 0 atom stereocenters. The van der Waals surface area contributed by atoms with Gasteiger partial charge in [-0.25, -0.2) is 0 Å². The third kappa shape index (κ3) is 5.04. The largest absolute Gasteiger partial charge is 0.296 e. The average Bonchev–Trinajstić information content (AvgIpc) is 2.99. The summed E-state index contributed by atoms with van der Waals surface area (Å²) < 4.78 is 0. The number of rotatable bonds is 8. The minimum Gasteiger partial charge on any atom is -0.296 e. The maximum Gasteiger partial charge on any atom is 0.0277 e. The summed E-state index contributed by atoms with van der Waals surface area (Å²) in [5.74, 6) is 0. The van der Waals surface area contributed by atoms with Crippen LogP contribution >= 0.6 is 0 Å². The molecule has 0 aromatic heterocycles. The Kier molecular flexibility index (Phi) is 7.80. The zero-order chi connectivity index (χ0) is 27.2. The Bertz CT molecular complexity index is 1700. The van der Waals surface area contributed by atoms with Crippen LogP contribution in [0, 0.1) is 0 Å². The zero-order valence-corrected chi connectivity index (χ0v) is 22.7. The Hall–Kier alpha value is -4.75. The number of hydrogen-bond donors (Lipinski definition) is 0. The van der Waals surface area contributed by atoms with Crippen LogP contribution in [0.2, 0.25) is 0 Å². The molecular weight excluding hydrogens is 470 g/mol. The lowest BCUT2D eigenvalue weighted by Gasteiger charge is -2.18. The molecule has 0 bridgehead atoms. The van der Waals surface area contributed by atoms with Crippen molar-refractivity contribution in [3.63, 3.8) is 0 Å². The second-order valence-electron chi connectivity index (χ2n) is 9.50. The Morgan fingerprint density at radius 1 is 0.641 bits per heavy atom. The predicted octanol–water partition coefficient (Wildman–Crippen LogP) is 10.6. The van der Waals surface area contributed by atoms with E-state index < -0.39 is 0 Å². The van der Waals surface area contributed by atoms with Gasteiger partial charge in [-0.15, -0.1) is 0 Å². The SMILES string of the molecule is C=C/C(=C\CC)c1ccc(-c2c3ccccc3c(-c3cccc(/C(C=C)=C/C=NC)c3)c3ccccc23)cc1. The van der Waals surface area contributed by atoms with Gasteiger partial charge in [0.05, 0.1) is 0 Å². The highest BCUT2D eigenvalue weighted by Crippen LogP contribution is 2.44. The van der Waals surface area contributed by atoms with Gasteiger partial charge in [-0.1, -0.05) is 129 Å². The molecule has 0 saturated carbocycles. The van der Waals surface area contributed by atoms with Gasteiger partial charge in [0.2, 0.25) is 0 Å². The van der Waals surface area contributed by atoms with Crippen LogP contribution in [-0.2, 0) is 0 Å². The topological polar surface area (TPSA) is 12.4 Å². The number of allylic oxidation sites excluding steroid dienone is 6. The van der Waals surface area contributed by atoms with Crippen molar-refractivity contribution < 1.29 is 0 Å². The first kappa shape index (κ1) is 25.9. The molecule has 0 unspecified atom stereocenters. The normalized spacial score (nSPS) is 12.4. The Labute approximate surface area is 231 Å². The summed E-state index contributed by atoms with van der Waals surface area (Å²) in [6.07, 6.45) is 10.8. The van der Waals surface area contributed by atoms with Crippen LogP contribution in [0.4, 0.5) is 0 Å². The van der Waals surface area contributed by atoms with Crippen LogP contribution in [0.25, 0.3) is 54.9 Å². The lowest BCUT2D eigenvalue weighted by atomic mass is 9.85. The van der Waals surface area contributed by atoms with Gasteiger partial charge in [0, 0.05) is 13.3 Å². The van der Waals surface area contributed by atoms with Gasteiger partial charge in [0.25, 0.3) is 0 Å². The first-order valence-corrected chi connectivity index (χ1v) is 13.4. The van der Waals surface area contributed by atoms with Gasteiger partial charge in [-0.05, 0) is 84.6 Å². The van der Waals surface area contributed by atoms with Crippen molar-refractivity contribution in [1.29, 1.82) is 0 Å².